The van der Waals surface area contributed by atoms with Crippen molar-refractivity contribution in [3.8, 4) is 0 Å². The molecule has 4 unspecified atom stereocenters. The third-order valence-corrected chi connectivity index (χ3v) is 10.4. The minimum Gasteiger partial charge on any atom is -0.236 e. The van der Waals surface area contributed by atoms with Crippen LogP contribution < -0.4 is 0 Å². The summed E-state index contributed by atoms with van der Waals surface area (Å²) in [7, 11) is -0.172. The Morgan fingerprint density at radius 1 is 1.36 bits per heavy atom. The average molecular weight is 172 g/mol. The molecule has 0 bridgehead atoms. The number of hydrogen-bond donors (Lipinski definition) is 0. The van der Waals surface area contributed by atoms with Crippen LogP contribution >= 0.6 is 10.0 Å². The van der Waals surface area contributed by atoms with Gasteiger partial charge in [0.25, 0.3) is 0 Å². The van der Waals surface area contributed by atoms with Gasteiger partial charge >= 0.3 is 0 Å². The summed E-state index contributed by atoms with van der Waals surface area (Å²) >= 11 is 0. The molecule has 0 aromatic heterocycles. The van der Waals surface area contributed by atoms with E-state index in [1.807, 2.05) is 0 Å². The number of rotatable bonds is 0. The highest BCUT2D eigenvalue weighted by Gasteiger charge is 2.59. The van der Waals surface area contributed by atoms with Crippen LogP contribution in [-0.4, -0.2) is 22.0 Å². The van der Waals surface area contributed by atoms with Gasteiger partial charge in [-0.25, -0.2) is 10.0 Å². The van der Waals surface area contributed by atoms with Gasteiger partial charge in [0.1, 0.15) is 0 Å². The first-order valence-electron chi connectivity index (χ1n) is 4.75. The highest BCUT2D eigenvalue weighted by molar-refractivity contribution is 8.36. The molecule has 2 saturated heterocycles. The second-order valence-electron chi connectivity index (χ2n) is 4.88. The van der Waals surface area contributed by atoms with Crippen molar-refractivity contribution >= 4 is 10.0 Å². The molecule has 2 fully saturated rings. The SMILES string of the molecule is CC1CCS2(C)C(C)CC12C. The number of fused-ring (bicyclic) bond motifs is 1. The summed E-state index contributed by atoms with van der Waals surface area (Å²) in [6.45, 7) is 7.47. The molecule has 0 aromatic carbocycles. The third-order valence-electron chi connectivity index (χ3n) is 4.66. The van der Waals surface area contributed by atoms with Gasteiger partial charge in [-0.05, 0) is 36.0 Å². The van der Waals surface area contributed by atoms with Gasteiger partial charge < -0.3 is 0 Å². The standard InChI is InChI=1S/C10H20S/c1-8-5-6-11(4)9(2)7-10(8,11)3/h8-9H,5-7H2,1-4H3. The monoisotopic (exact) mass is 172 g/mol. The zero-order chi connectivity index (χ0) is 8.28. The van der Waals surface area contributed by atoms with Gasteiger partial charge in [0.2, 0.25) is 0 Å². The van der Waals surface area contributed by atoms with Crippen LogP contribution in [0.3, 0.4) is 0 Å². The quantitative estimate of drug-likeness (QED) is 0.527. The molecular weight excluding hydrogens is 152 g/mol. The Bertz CT molecular complexity index is 183. The second-order valence-corrected chi connectivity index (χ2v) is 9.34. The molecule has 0 aromatic rings. The van der Waals surface area contributed by atoms with Crippen LogP contribution in [0.4, 0.5) is 0 Å². The molecule has 0 nitrogen and oxygen atoms in total. The molecular formula is C10H20S. The van der Waals surface area contributed by atoms with Crippen LogP contribution in [0.15, 0.2) is 0 Å². The van der Waals surface area contributed by atoms with E-state index in [0.717, 1.165) is 15.9 Å². The Morgan fingerprint density at radius 2 is 2.00 bits per heavy atom. The second kappa shape index (κ2) is 1.99. The zero-order valence-corrected chi connectivity index (χ0v) is 9.00. The fourth-order valence-corrected chi connectivity index (χ4v) is 7.84. The minimum absolute atomic E-state index is 0.172. The van der Waals surface area contributed by atoms with Gasteiger partial charge in [-0.1, -0.05) is 20.8 Å². The van der Waals surface area contributed by atoms with Crippen molar-refractivity contribution in [1.82, 2.24) is 0 Å². The van der Waals surface area contributed by atoms with Crippen molar-refractivity contribution in [2.24, 2.45) is 5.92 Å². The summed E-state index contributed by atoms with van der Waals surface area (Å²) in [4.78, 5) is 0. The van der Waals surface area contributed by atoms with E-state index in [-0.39, 0.29) is 10.0 Å². The summed E-state index contributed by atoms with van der Waals surface area (Å²) in [6.07, 6.45) is 5.61. The first-order chi connectivity index (χ1) is 5.01. The van der Waals surface area contributed by atoms with Crippen molar-refractivity contribution < 1.29 is 0 Å². The predicted molar refractivity (Wildman–Crippen MR) is 54.6 cm³/mol. The van der Waals surface area contributed by atoms with Gasteiger partial charge in [-0.2, -0.15) is 0 Å². The first kappa shape index (κ1) is 7.97. The summed E-state index contributed by atoms with van der Waals surface area (Å²) in [5, 5.41) is 1.07. The largest absolute Gasteiger partial charge is 0.236 e. The molecule has 4 atom stereocenters. The highest BCUT2D eigenvalue weighted by atomic mass is 32.3. The molecule has 0 N–H and O–H groups in total. The van der Waals surface area contributed by atoms with E-state index in [0.29, 0.717) is 0 Å². The topological polar surface area (TPSA) is 0 Å². The minimum atomic E-state index is -0.172. The van der Waals surface area contributed by atoms with E-state index in [4.69, 9.17) is 0 Å². The Morgan fingerprint density at radius 3 is 2.36 bits per heavy atom. The maximum absolute atomic E-state index is 2.59. The molecule has 0 aliphatic carbocycles. The van der Waals surface area contributed by atoms with Gasteiger partial charge in [0.15, 0.2) is 0 Å². The zero-order valence-electron chi connectivity index (χ0n) is 8.18. The van der Waals surface area contributed by atoms with Gasteiger partial charge in [0, 0.05) is 4.75 Å². The fourth-order valence-electron chi connectivity index (χ4n) is 3.13. The molecule has 2 aliphatic heterocycles. The van der Waals surface area contributed by atoms with Crippen molar-refractivity contribution in [3.63, 3.8) is 0 Å². The maximum atomic E-state index is 2.59. The maximum Gasteiger partial charge on any atom is 0.000988 e. The van der Waals surface area contributed by atoms with Gasteiger partial charge in [-0.15, -0.1) is 0 Å². The van der Waals surface area contributed by atoms with Crippen molar-refractivity contribution in [3.05, 3.63) is 0 Å². The molecule has 0 spiro atoms. The average Bonchev–Trinajstić information content (AvgIpc) is 2.13. The van der Waals surface area contributed by atoms with Crippen molar-refractivity contribution in [2.75, 3.05) is 12.0 Å². The van der Waals surface area contributed by atoms with E-state index >= 15 is 0 Å². The lowest BCUT2D eigenvalue weighted by atomic mass is 9.88. The molecule has 66 valence electrons. The van der Waals surface area contributed by atoms with E-state index in [2.05, 4.69) is 27.0 Å². The predicted octanol–water partition coefficient (Wildman–Crippen LogP) is 3.01. The smallest absolute Gasteiger partial charge is 0.000988 e. The van der Waals surface area contributed by atoms with E-state index in [1.165, 1.54) is 12.8 Å². The summed E-state index contributed by atoms with van der Waals surface area (Å²) in [6, 6.07) is 0. The van der Waals surface area contributed by atoms with Crippen LogP contribution in [-0.2, 0) is 0 Å². The van der Waals surface area contributed by atoms with Gasteiger partial charge in [-0.3, -0.25) is 0 Å². The lowest BCUT2D eigenvalue weighted by Crippen LogP contribution is -2.50. The molecule has 2 rings (SSSR count). The lowest BCUT2D eigenvalue weighted by Gasteiger charge is -2.63. The number of hydrogen-bond acceptors (Lipinski definition) is 0. The normalized spacial score (nSPS) is 68.0. The van der Waals surface area contributed by atoms with Crippen LogP contribution in [0.25, 0.3) is 0 Å². The Kier molecular flexibility index (Phi) is 1.44. The molecule has 2 heterocycles. The van der Waals surface area contributed by atoms with Crippen molar-refractivity contribution in [1.29, 1.82) is 0 Å². The third kappa shape index (κ3) is 0.690. The fraction of sp³-hybridized carbons (Fsp3) is 1.00. The van der Waals surface area contributed by atoms with E-state index in [1.54, 1.807) is 5.75 Å². The molecule has 2 aliphatic rings. The Balaban J connectivity index is 2.29. The molecule has 0 amide bonds. The molecule has 11 heavy (non-hydrogen) atoms. The first-order valence-corrected chi connectivity index (χ1v) is 7.02. The molecule has 0 radical (unpaired) electrons. The molecule has 0 saturated carbocycles. The highest BCUT2D eigenvalue weighted by Crippen LogP contribution is 2.78. The van der Waals surface area contributed by atoms with E-state index < -0.39 is 0 Å². The van der Waals surface area contributed by atoms with Crippen LogP contribution in [0.5, 0.6) is 0 Å². The Hall–Kier alpha value is 0.350. The van der Waals surface area contributed by atoms with Crippen LogP contribution in [0.1, 0.15) is 33.6 Å². The summed E-state index contributed by atoms with van der Waals surface area (Å²) in [5.41, 5.74) is 0. The summed E-state index contributed by atoms with van der Waals surface area (Å²) in [5.74, 6) is 2.57. The molecule has 1 heteroatoms. The van der Waals surface area contributed by atoms with Crippen LogP contribution in [0, 0.1) is 5.92 Å². The van der Waals surface area contributed by atoms with E-state index in [9.17, 15) is 0 Å². The Labute approximate surface area is 72.1 Å². The van der Waals surface area contributed by atoms with Crippen molar-refractivity contribution in [2.45, 2.75) is 43.6 Å². The van der Waals surface area contributed by atoms with Gasteiger partial charge in [0.05, 0.1) is 0 Å². The van der Waals surface area contributed by atoms with Crippen LogP contribution in [0.2, 0.25) is 0 Å². The summed E-state index contributed by atoms with van der Waals surface area (Å²) < 4.78 is 0.784. The lowest BCUT2D eigenvalue weighted by molar-refractivity contribution is 0.390.